The van der Waals surface area contributed by atoms with Gasteiger partial charge in [0, 0.05) is 5.92 Å². The molecule has 0 saturated carbocycles. The fourth-order valence-corrected chi connectivity index (χ4v) is 1.54. The summed E-state index contributed by atoms with van der Waals surface area (Å²) in [4.78, 5) is 21.8. The lowest BCUT2D eigenvalue weighted by Gasteiger charge is -2.22. The maximum absolute atomic E-state index is 11.0. The molecule has 0 unspecified atom stereocenters. The smallest absolute Gasteiger partial charge is 0.306 e. The number of hydrogen-bond donors (Lipinski definition) is 0. The zero-order chi connectivity index (χ0) is 7.84. The van der Waals surface area contributed by atoms with Crippen molar-refractivity contribution >= 4 is 11.8 Å². The number of rotatable bonds is 0. The highest BCUT2D eigenvalue weighted by Crippen LogP contribution is 2.29. The lowest BCUT2D eigenvalue weighted by Crippen LogP contribution is -2.30. The summed E-state index contributed by atoms with van der Waals surface area (Å²) in [6.45, 7) is 0.273. The topological polar surface area (TPSA) is 43.4 Å². The van der Waals surface area contributed by atoms with Gasteiger partial charge in [0.15, 0.2) is 5.78 Å². The Hall–Kier alpha value is -1.12. The first-order chi connectivity index (χ1) is 5.27. The number of hydrogen-bond acceptors (Lipinski definition) is 3. The van der Waals surface area contributed by atoms with E-state index in [2.05, 4.69) is 0 Å². The van der Waals surface area contributed by atoms with E-state index >= 15 is 0 Å². The summed E-state index contributed by atoms with van der Waals surface area (Å²) in [5.74, 6) is -0.0513. The third kappa shape index (κ3) is 0.964. The Morgan fingerprint density at radius 3 is 3.09 bits per heavy atom. The standard InChI is InChI=1S/C8H8O3/c9-7-2-1-5-3-8(10)11-4-6(5)7/h1-2,5-6H,3-4H2/t5-,6+/m1/s1. The van der Waals surface area contributed by atoms with Gasteiger partial charge in [0.1, 0.15) is 6.61 Å². The van der Waals surface area contributed by atoms with Crippen LogP contribution in [-0.4, -0.2) is 18.4 Å². The average molecular weight is 152 g/mol. The minimum Gasteiger partial charge on any atom is -0.465 e. The van der Waals surface area contributed by atoms with Crippen LogP contribution in [0.4, 0.5) is 0 Å². The SMILES string of the molecule is O=C1C[C@H]2C=CC(=O)[C@H]2CO1. The van der Waals surface area contributed by atoms with Gasteiger partial charge in [-0.1, -0.05) is 6.08 Å². The van der Waals surface area contributed by atoms with Crippen molar-refractivity contribution in [1.82, 2.24) is 0 Å². The van der Waals surface area contributed by atoms with Crippen molar-refractivity contribution in [2.45, 2.75) is 6.42 Å². The van der Waals surface area contributed by atoms with Crippen molar-refractivity contribution in [3.05, 3.63) is 12.2 Å². The molecule has 0 amide bonds. The first kappa shape index (κ1) is 6.58. The Kier molecular flexibility index (Phi) is 1.31. The van der Waals surface area contributed by atoms with Gasteiger partial charge in [-0.15, -0.1) is 0 Å². The normalized spacial score (nSPS) is 35.3. The molecule has 0 aromatic heterocycles. The molecule has 11 heavy (non-hydrogen) atoms. The number of ether oxygens (including phenoxy) is 1. The molecule has 1 aliphatic carbocycles. The second-order valence-electron chi connectivity index (χ2n) is 2.92. The molecule has 0 aromatic rings. The van der Waals surface area contributed by atoms with Crippen molar-refractivity contribution < 1.29 is 14.3 Å². The second kappa shape index (κ2) is 2.19. The molecule has 58 valence electrons. The number of carbonyl (C=O) groups excluding carboxylic acids is 2. The number of carbonyl (C=O) groups is 2. The molecule has 2 rings (SSSR count). The summed E-state index contributed by atoms with van der Waals surface area (Å²) in [7, 11) is 0. The first-order valence-electron chi connectivity index (χ1n) is 3.65. The summed E-state index contributed by atoms with van der Waals surface area (Å²) in [6.07, 6.45) is 3.73. The van der Waals surface area contributed by atoms with E-state index in [0.29, 0.717) is 6.42 Å². The van der Waals surface area contributed by atoms with E-state index in [-0.39, 0.29) is 30.2 Å². The van der Waals surface area contributed by atoms with Crippen LogP contribution < -0.4 is 0 Å². The van der Waals surface area contributed by atoms with E-state index in [1.807, 2.05) is 6.08 Å². The minimum absolute atomic E-state index is 0.0762. The van der Waals surface area contributed by atoms with Crippen molar-refractivity contribution in [3.8, 4) is 0 Å². The fraction of sp³-hybridized carbons (Fsp3) is 0.500. The predicted molar refractivity (Wildman–Crippen MR) is 36.7 cm³/mol. The predicted octanol–water partition coefficient (Wildman–Crippen LogP) is 0.305. The van der Waals surface area contributed by atoms with Gasteiger partial charge in [-0.2, -0.15) is 0 Å². The van der Waals surface area contributed by atoms with Crippen LogP contribution >= 0.6 is 0 Å². The van der Waals surface area contributed by atoms with Crippen LogP contribution in [0.5, 0.6) is 0 Å². The first-order valence-corrected chi connectivity index (χ1v) is 3.65. The van der Waals surface area contributed by atoms with Crippen LogP contribution in [0.25, 0.3) is 0 Å². The van der Waals surface area contributed by atoms with E-state index in [4.69, 9.17) is 4.74 Å². The molecule has 0 radical (unpaired) electrons. The highest BCUT2D eigenvalue weighted by molar-refractivity contribution is 5.96. The summed E-state index contributed by atoms with van der Waals surface area (Å²) in [5.41, 5.74) is 0. The van der Waals surface area contributed by atoms with E-state index < -0.39 is 0 Å². The Balaban J connectivity index is 2.17. The maximum atomic E-state index is 11.0. The minimum atomic E-state index is -0.189. The van der Waals surface area contributed by atoms with Gasteiger partial charge in [0.25, 0.3) is 0 Å². The molecule has 0 spiro atoms. The molecule has 0 aromatic carbocycles. The van der Waals surface area contributed by atoms with Gasteiger partial charge in [-0.3, -0.25) is 9.59 Å². The maximum Gasteiger partial charge on any atom is 0.306 e. The Bertz CT molecular complexity index is 242. The largest absolute Gasteiger partial charge is 0.465 e. The lowest BCUT2D eigenvalue weighted by atomic mass is 9.91. The molecule has 3 heteroatoms. The summed E-state index contributed by atoms with van der Waals surface area (Å²) in [6, 6.07) is 0. The molecule has 0 bridgehead atoms. The number of cyclic esters (lactones) is 1. The van der Waals surface area contributed by atoms with Crippen LogP contribution in [0.2, 0.25) is 0 Å². The summed E-state index contributed by atoms with van der Waals surface area (Å²) in [5, 5.41) is 0. The van der Waals surface area contributed by atoms with Crippen molar-refractivity contribution in [3.63, 3.8) is 0 Å². The summed E-state index contributed by atoms with van der Waals surface area (Å²) >= 11 is 0. The molecule has 0 N–H and O–H groups in total. The van der Waals surface area contributed by atoms with E-state index in [1.165, 1.54) is 0 Å². The van der Waals surface area contributed by atoms with Crippen molar-refractivity contribution in [1.29, 1.82) is 0 Å². The number of fused-ring (bicyclic) bond motifs is 1. The quantitative estimate of drug-likeness (QED) is 0.469. The molecule has 3 nitrogen and oxygen atoms in total. The molecular weight excluding hydrogens is 144 g/mol. The Morgan fingerprint density at radius 2 is 2.27 bits per heavy atom. The highest BCUT2D eigenvalue weighted by atomic mass is 16.5. The number of ketones is 1. The van der Waals surface area contributed by atoms with E-state index in [9.17, 15) is 9.59 Å². The van der Waals surface area contributed by atoms with Crippen LogP contribution in [0.3, 0.4) is 0 Å². The fourth-order valence-electron chi connectivity index (χ4n) is 1.54. The van der Waals surface area contributed by atoms with Gasteiger partial charge in [-0.05, 0) is 6.08 Å². The monoisotopic (exact) mass is 152 g/mol. The van der Waals surface area contributed by atoms with Crippen molar-refractivity contribution in [2.24, 2.45) is 11.8 Å². The van der Waals surface area contributed by atoms with E-state index in [1.54, 1.807) is 6.08 Å². The second-order valence-corrected chi connectivity index (χ2v) is 2.92. The van der Waals surface area contributed by atoms with Crippen LogP contribution in [0.1, 0.15) is 6.42 Å². The molecular formula is C8H8O3. The van der Waals surface area contributed by atoms with Crippen LogP contribution in [0, 0.1) is 11.8 Å². The van der Waals surface area contributed by atoms with Crippen LogP contribution in [0.15, 0.2) is 12.2 Å². The zero-order valence-electron chi connectivity index (χ0n) is 5.95. The van der Waals surface area contributed by atoms with Gasteiger partial charge in [0.05, 0.1) is 12.3 Å². The molecule has 1 heterocycles. The zero-order valence-corrected chi connectivity index (χ0v) is 5.95. The number of allylic oxidation sites excluding steroid dienone is 2. The third-order valence-corrected chi connectivity index (χ3v) is 2.22. The molecule has 1 saturated heterocycles. The molecule has 2 aliphatic rings. The molecule has 1 fully saturated rings. The van der Waals surface area contributed by atoms with Gasteiger partial charge >= 0.3 is 5.97 Å². The third-order valence-electron chi connectivity index (χ3n) is 2.22. The Morgan fingerprint density at radius 1 is 1.45 bits per heavy atom. The molecule has 2 atom stereocenters. The van der Waals surface area contributed by atoms with Crippen LogP contribution in [-0.2, 0) is 14.3 Å². The highest BCUT2D eigenvalue weighted by Gasteiger charge is 2.36. The average Bonchev–Trinajstić information content (AvgIpc) is 2.32. The van der Waals surface area contributed by atoms with E-state index in [0.717, 1.165) is 0 Å². The van der Waals surface area contributed by atoms with Gasteiger partial charge in [0.2, 0.25) is 0 Å². The van der Waals surface area contributed by atoms with Gasteiger partial charge < -0.3 is 4.74 Å². The van der Waals surface area contributed by atoms with Crippen molar-refractivity contribution in [2.75, 3.05) is 6.61 Å². The number of esters is 1. The Labute approximate surface area is 64.0 Å². The lowest BCUT2D eigenvalue weighted by molar-refractivity contribution is -0.152. The van der Waals surface area contributed by atoms with Gasteiger partial charge in [-0.25, -0.2) is 0 Å². The summed E-state index contributed by atoms with van der Waals surface area (Å²) < 4.78 is 4.76. The molecule has 1 aliphatic heterocycles.